The first-order valence-corrected chi connectivity index (χ1v) is 14.5. The van der Waals surface area contributed by atoms with Gasteiger partial charge in [0.25, 0.3) is 10.1 Å². The molecule has 0 spiro atoms. The van der Waals surface area contributed by atoms with E-state index in [1.54, 1.807) is 48.5 Å². The minimum absolute atomic E-state index is 0.124. The highest BCUT2D eigenvalue weighted by atomic mass is 35.5. The first-order valence-electron chi connectivity index (χ1n) is 12.2. The van der Waals surface area contributed by atoms with E-state index in [1.165, 1.54) is 6.92 Å². The molecule has 0 aliphatic rings. The number of hydrogen-bond acceptors (Lipinski definition) is 4. The number of anilines is 2. The molecular weight excluding hydrogens is 579 g/mol. The Hall–Kier alpha value is -3.59. The van der Waals surface area contributed by atoms with Gasteiger partial charge in [-0.25, -0.2) is 0 Å². The lowest BCUT2D eigenvalue weighted by molar-refractivity contribution is 0.484. The molecule has 0 heterocycles. The number of hydrogen-bond donors (Lipinski definition) is 7. The number of nitrogens with zero attached hydrogens (tertiary/aromatic N) is 4. The number of benzene rings is 2. The van der Waals surface area contributed by atoms with E-state index in [4.69, 9.17) is 50.7 Å². The van der Waals surface area contributed by atoms with Crippen molar-refractivity contribution in [2.24, 2.45) is 42.9 Å². The van der Waals surface area contributed by atoms with Crippen molar-refractivity contribution in [1.29, 1.82) is 0 Å². The highest BCUT2D eigenvalue weighted by Gasteiger charge is 1.99. The highest BCUT2D eigenvalue weighted by Crippen LogP contribution is 2.13. The summed E-state index contributed by atoms with van der Waals surface area (Å²) in [6, 6.07) is 14.1. The maximum absolute atomic E-state index is 9.56. The molecule has 2 aromatic rings. The van der Waals surface area contributed by atoms with Gasteiger partial charge in [-0.15, -0.1) is 0 Å². The summed E-state index contributed by atoms with van der Waals surface area (Å²) in [6.07, 6.45) is 3.68. The van der Waals surface area contributed by atoms with E-state index in [0.29, 0.717) is 23.1 Å². The number of guanidine groups is 4. The van der Waals surface area contributed by atoms with Crippen molar-refractivity contribution in [2.45, 2.75) is 32.6 Å². The molecule has 2 rings (SSSR count). The molecule has 0 aromatic heterocycles. The van der Waals surface area contributed by atoms with Crippen LogP contribution in [0, 0.1) is 0 Å². The average Bonchev–Trinajstić information content (AvgIpc) is 2.88. The van der Waals surface area contributed by atoms with E-state index in [1.807, 2.05) is 0 Å². The summed E-state index contributed by atoms with van der Waals surface area (Å²) in [5.74, 6) is 0.363. The quantitative estimate of drug-likeness (QED) is 0.0898. The van der Waals surface area contributed by atoms with Crippen LogP contribution in [0.25, 0.3) is 0 Å². The highest BCUT2D eigenvalue weighted by molar-refractivity contribution is 7.85. The van der Waals surface area contributed by atoms with Crippen molar-refractivity contribution in [2.75, 3.05) is 29.5 Å². The standard InChI is InChI=1S/C22H30Cl2N10.C2H6O3S/c23-15-5-9-17(10-6-15)31-21(27)33-19(25)29-13-3-1-2-4-14-30-20(26)34-22(28)32-18-11-7-16(24)8-12-18;1-2-6(3,4)5/h5-12H,1-4,13-14H2,(H5,25,27,29,31,33)(H5,26,28,30,32,34);2H2,1H3,(H,3,4,5). The fourth-order valence-electron chi connectivity index (χ4n) is 2.70. The van der Waals surface area contributed by atoms with Crippen molar-refractivity contribution in [3.8, 4) is 0 Å². The molecule has 0 bridgehead atoms. The molecule has 0 atom stereocenters. The van der Waals surface area contributed by atoms with Gasteiger partial charge in [0, 0.05) is 34.5 Å². The predicted octanol–water partition coefficient (Wildman–Crippen LogP) is 3.23. The molecule has 0 aliphatic heterocycles. The summed E-state index contributed by atoms with van der Waals surface area (Å²) in [7, 11) is -3.66. The molecule has 40 heavy (non-hydrogen) atoms. The summed E-state index contributed by atoms with van der Waals surface area (Å²) >= 11 is 11.7. The van der Waals surface area contributed by atoms with Crippen molar-refractivity contribution in [1.82, 2.24) is 0 Å². The maximum Gasteiger partial charge on any atom is 0.264 e. The predicted molar refractivity (Wildman–Crippen MR) is 167 cm³/mol. The van der Waals surface area contributed by atoms with E-state index in [-0.39, 0.29) is 29.6 Å². The molecule has 0 aliphatic carbocycles. The van der Waals surface area contributed by atoms with E-state index in [0.717, 1.165) is 37.1 Å². The number of halogens is 2. The Balaban J connectivity index is 0.00000120. The van der Waals surface area contributed by atoms with Crippen molar-refractivity contribution in [3.05, 3.63) is 58.6 Å². The second-order valence-electron chi connectivity index (χ2n) is 8.02. The third-order valence-corrected chi connectivity index (χ3v) is 5.92. The Labute approximate surface area is 244 Å². The van der Waals surface area contributed by atoms with Crippen LogP contribution in [-0.2, 0) is 10.1 Å². The van der Waals surface area contributed by atoms with Crippen LogP contribution in [0.4, 0.5) is 11.4 Å². The summed E-state index contributed by atoms with van der Waals surface area (Å²) in [5, 5.41) is 7.11. The number of unbranched alkanes of at least 4 members (excludes halogenated alkanes) is 3. The second kappa shape index (κ2) is 18.7. The van der Waals surface area contributed by atoms with Gasteiger partial charge in [-0.3, -0.25) is 14.5 Å². The minimum Gasteiger partial charge on any atom is -0.369 e. The first kappa shape index (κ1) is 34.4. The van der Waals surface area contributed by atoms with Crippen LogP contribution in [0.15, 0.2) is 68.5 Å². The maximum atomic E-state index is 9.56. The largest absolute Gasteiger partial charge is 0.369 e. The Morgan fingerprint density at radius 1 is 0.725 bits per heavy atom. The molecule has 0 fully saturated rings. The summed E-state index contributed by atoms with van der Waals surface area (Å²) < 4.78 is 26.9. The molecule has 16 heteroatoms. The van der Waals surface area contributed by atoms with Crippen molar-refractivity contribution < 1.29 is 13.0 Å². The van der Waals surface area contributed by atoms with Gasteiger partial charge in [0.2, 0.25) is 23.8 Å². The number of aliphatic imine (C=N–C) groups is 4. The van der Waals surface area contributed by atoms with Gasteiger partial charge in [-0.2, -0.15) is 18.4 Å². The smallest absolute Gasteiger partial charge is 0.264 e. The first-order chi connectivity index (χ1) is 18.9. The van der Waals surface area contributed by atoms with Crippen LogP contribution < -0.4 is 33.6 Å². The van der Waals surface area contributed by atoms with Gasteiger partial charge in [-0.1, -0.05) is 36.0 Å². The molecule has 0 radical (unpaired) electrons. The van der Waals surface area contributed by atoms with Crippen molar-refractivity contribution >= 4 is 68.5 Å². The Kier molecular flexibility index (Phi) is 16.1. The molecule has 0 unspecified atom stereocenters. The van der Waals surface area contributed by atoms with Crippen LogP contribution in [0.5, 0.6) is 0 Å². The monoisotopic (exact) mass is 614 g/mol. The zero-order chi connectivity index (χ0) is 30.0. The number of rotatable bonds is 10. The van der Waals surface area contributed by atoms with E-state index in [9.17, 15) is 8.42 Å². The zero-order valence-electron chi connectivity index (χ0n) is 22.1. The van der Waals surface area contributed by atoms with E-state index < -0.39 is 10.1 Å². The van der Waals surface area contributed by atoms with Gasteiger partial charge in [-0.05, 0) is 68.3 Å². The third kappa shape index (κ3) is 17.8. The van der Waals surface area contributed by atoms with E-state index >= 15 is 0 Å². The molecule has 0 saturated carbocycles. The SMILES string of the molecule is CCS(=O)(=O)O.NC(=NCCCCCCN=C(N)/N=C(\N)Nc1ccc(Cl)cc1)/N=C(\N)Nc1ccc(Cl)cc1. The van der Waals surface area contributed by atoms with Crippen LogP contribution in [0.2, 0.25) is 10.0 Å². The van der Waals surface area contributed by atoms with Gasteiger partial charge < -0.3 is 33.6 Å². The topological polar surface area (TPSA) is 232 Å². The normalized spacial score (nSPS) is 12.9. The lowest BCUT2D eigenvalue weighted by atomic mass is 10.2. The summed E-state index contributed by atoms with van der Waals surface area (Å²) in [5.41, 5.74) is 24.8. The molecule has 0 saturated heterocycles. The van der Waals surface area contributed by atoms with Gasteiger partial charge in [0.15, 0.2) is 0 Å². The van der Waals surface area contributed by atoms with Crippen LogP contribution in [0.3, 0.4) is 0 Å². The second-order valence-corrected chi connectivity index (χ2v) is 10.6. The number of nitrogens with one attached hydrogen (secondary N) is 2. The van der Waals surface area contributed by atoms with E-state index in [2.05, 4.69) is 30.6 Å². The molecule has 13 nitrogen and oxygen atoms in total. The minimum atomic E-state index is -3.66. The van der Waals surface area contributed by atoms with Gasteiger partial charge >= 0.3 is 0 Å². The van der Waals surface area contributed by atoms with Crippen molar-refractivity contribution in [3.63, 3.8) is 0 Å². The van der Waals surface area contributed by atoms with Gasteiger partial charge in [0.05, 0.1) is 5.75 Å². The molecule has 2 aromatic carbocycles. The van der Waals surface area contributed by atoms with Crippen LogP contribution >= 0.6 is 23.2 Å². The lowest BCUT2D eigenvalue weighted by Gasteiger charge is -2.05. The zero-order valence-corrected chi connectivity index (χ0v) is 24.4. The lowest BCUT2D eigenvalue weighted by Crippen LogP contribution is -2.26. The molecular formula is C24H36Cl2N10O3S. The molecule has 11 N–H and O–H groups in total. The van der Waals surface area contributed by atoms with Gasteiger partial charge in [0.1, 0.15) is 0 Å². The molecule has 220 valence electrons. The van der Waals surface area contributed by atoms with Crippen LogP contribution in [0.1, 0.15) is 32.6 Å². The fraction of sp³-hybridized carbons (Fsp3) is 0.333. The fourth-order valence-corrected chi connectivity index (χ4v) is 2.95. The number of nitrogens with two attached hydrogens (primary N) is 4. The Bertz CT molecular complexity index is 1180. The summed E-state index contributed by atoms with van der Waals surface area (Å²) in [4.78, 5) is 16.5. The summed E-state index contributed by atoms with van der Waals surface area (Å²) in [6.45, 7) is 2.49. The van der Waals surface area contributed by atoms with Crippen LogP contribution in [-0.4, -0.2) is 55.7 Å². The third-order valence-electron chi connectivity index (χ3n) is 4.68. The average molecular weight is 616 g/mol. The Morgan fingerprint density at radius 3 is 1.35 bits per heavy atom. The Morgan fingerprint density at radius 2 is 1.05 bits per heavy atom. The molecule has 0 amide bonds.